The third-order valence-electron chi connectivity index (χ3n) is 5.26. The summed E-state index contributed by atoms with van der Waals surface area (Å²) in [5.74, 6) is 1.23. The Morgan fingerprint density at radius 1 is 1.00 bits per heavy atom. The van der Waals surface area contributed by atoms with Gasteiger partial charge in [-0.15, -0.1) is 0 Å². The number of rotatable bonds is 4. The first-order valence-corrected chi connectivity index (χ1v) is 9.56. The Labute approximate surface area is 170 Å². The van der Waals surface area contributed by atoms with Gasteiger partial charge < -0.3 is 14.4 Å². The highest BCUT2D eigenvalue weighted by Crippen LogP contribution is 2.47. The number of amides is 1. The number of aromatic nitrogens is 2. The number of hydrogen-bond donors (Lipinski definition) is 1. The first-order valence-electron chi connectivity index (χ1n) is 9.56. The van der Waals surface area contributed by atoms with E-state index in [2.05, 4.69) is 10.2 Å². The van der Waals surface area contributed by atoms with Crippen molar-refractivity contribution in [3.05, 3.63) is 65.4 Å². The SMILES string of the molecule is COc1ccc(C2c3c(-c4ccccc4)n[nH]c3C(=O)N2C(C)(C)C)cc1OC. The zero-order valence-electron chi connectivity index (χ0n) is 17.3. The minimum absolute atomic E-state index is 0.0537. The van der Waals surface area contributed by atoms with E-state index in [1.54, 1.807) is 14.2 Å². The standard InChI is InChI=1S/C23H25N3O3/c1-23(2,3)26-21(15-11-12-16(28-4)17(13-15)29-5)18-19(14-9-7-6-8-10-14)24-25-20(18)22(26)27/h6-13,21H,1-5H3,(H,24,25). The number of aromatic amines is 1. The van der Waals surface area contributed by atoms with Crippen LogP contribution in [0.3, 0.4) is 0 Å². The third kappa shape index (κ3) is 3.05. The molecule has 0 saturated carbocycles. The molecule has 3 aromatic rings. The molecule has 1 unspecified atom stereocenters. The van der Waals surface area contributed by atoms with Crippen LogP contribution in [0.5, 0.6) is 11.5 Å². The Bertz CT molecular complexity index is 1050. The van der Waals surface area contributed by atoms with E-state index in [0.29, 0.717) is 17.2 Å². The van der Waals surface area contributed by atoms with Crippen LogP contribution in [0.15, 0.2) is 48.5 Å². The minimum atomic E-state index is -0.386. The highest BCUT2D eigenvalue weighted by Gasteiger charge is 2.46. The number of H-pyrrole nitrogens is 1. The molecule has 1 aromatic heterocycles. The number of carbonyl (C=O) groups excluding carboxylic acids is 1. The summed E-state index contributed by atoms with van der Waals surface area (Å²) in [7, 11) is 3.22. The molecule has 2 aromatic carbocycles. The van der Waals surface area contributed by atoms with Crippen LogP contribution in [0.4, 0.5) is 0 Å². The van der Waals surface area contributed by atoms with Gasteiger partial charge in [-0.2, -0.15) is 5.10 Å². The number of carbonyl (C=O) groups is 1. The molecule has 1 aliphatic rings. The topological polar surface area (TPSA) is 67.5 Å². The van der Waals surface area contributed by atoms with Gasteiger partial charge in [0.25, 0.3) is 5.91 Å². The number of nitrogens with zero attached hydrogens (tertiary/aromatic N) is 2. The molecule has 4 rings (SSSR count). The summed E-state index contributed by atoms with van der Waals surface area (Å²) in [5, 5.41) is 7.49. The Balaban J connectivity index is 1.94. The summed E-state index contributed by atoms with van der Waals surface area (Å²) in [4.78, 5) is 15.3. The number of benzene rings is 2. The van der Waals surface area contributed by atoms with Crippen molar-refractivity contribution in [1.29, 1.82) is 0 Å². The van der Waals surface area contributed by atoms with Gasteiger partial charge in [-0.1, -0.05) is 36.4 Å². The maximum absolute atomic E-state index is 13.3. The zero-order chi connectivity index (χ0) is 20.8. The van der Waals surface area contributed by atoms with Crippen molar-refractivity contribution in [1.82, 2.24) is 15.1 Å². The normalized spacial score (nSPS) is 16.1. The highest BCUT2D eigenvalue weighted by atomic mass is 16.5. The molecular formula is C23H25N3O3. The van der Waals surface area contributed by atoms with Crippen LogP contribution in [-0.4, -0.2) is 40.8 Å². The van der Waals surface area contributed by atoms with E-state index in [-0.39, 0.29) is 17.5 Å². The van der Waals surface area contributed by atoms with Gasteiger partial charge >= 0.3 is 0 Å². The maximum Gasteiger partial charge on any atom is 0.273 e. The van der Waals surface area contributed by atoms with Gasteiger partial charge in [-0.3, -0.25) is 9.89 Å². The Morgan fingerprint density at radius 3 is 2.31 bits per heavy atom. The molecule has 1 aliphatic heterocycles. The van der Waals surface area contributed by atoms with Gasteiger partial charge in [0.2, 0.25) is 0 Å². The number of methoxy groups -OCH3 is 2. The van der Waals surface area contributed by atoms with Gasteiger partial charge in [0.15, 0.2) is 11.5 Å². The fourth-order valence-electron chi connectivity index (χ4n) is 3.99. The van der Waals surface area contributed by atoms with Gasteiger partial charge in [0.1, 0.15) is 5.69 Å². The van der Waals surface area contributed by atoms with Gasteiger partial charge in [-0.25, -0.2) is 0 Å². The van der Waals surface area contributed by atoms with E-state index in [0.717, 1.165) is 22.4 Å². The zero-order valence-corrected chi connectivity index (χ0v) is 17.3. The molecule has 0 spiro atoms. The summed E-state index contributed by atoms with van der Waals surface area (Å²) >= 11 is 0. The molecule has 6 nitrogen and oxygen atoms in total. The van der Waals surface area contributed by atoms with Crippen molar-refractivity contribution in [2.24, 2.45) is 0 Å². The van der Waals surface area contributed by atoms with E-state index >= 15 is 0 Å². The second-order valence-corrected chi connectivity index (χ2v) is 8.09. The number of ether oxygens (including phenoxy) is 2. The predicted octanol–water partition coefficient (Wildman–Crippen LogP) is 4.44. The van der Waals surface area contributed by atoms with Crippen LogP contribution >= 0.6 is 0 Å². The Morgan fingerprint density at radius 2 is 1.69 bits per heavy atom. The number of hydrogen-bond acceptors (Lipinski definition) is 4. The van der Waals surface area contributed by atoms with Crippen LogP contribution in [-0.2, 0) is 0 Å². The van der Waals surface area contributed by atoms with E-state index in [9.17, 15) is 4.79 Å². The summed E-state index contributed by atoms with van der Waals surface area (Å²) in [5.41, 5.74) is 3.76. The minimum Gasteiger partial charge on any atom is -0.493 e. The summed E-state index contributed by atoms with van der Waals surface area (Å²) in [6.45, 7) is 6.13. The Kier molecular flexibility index (Phi) is 4.57. The first kappa shape index (κ1) is 19.1. The largest absolute Gasteiger partial charge is 0.493 e. The average Bonchev–Trinajstić information content (AvgIpc) is 3.27. The lowest BCUT2D eigenvalue weighted by molar-refractivity contribution is 0.0545. The molecule has 0 radical (unpaired) electrons. The first-order chi connectivity index (χ1) is 13.9. The van der Waals surface area contributed by atoms with E-state index in [1.807, 2.05) is 74.2 Å². The van der Waals surface area contributed by atoms with Crippen LogP contribution in [0, 0.1) is 0 Å². The van der Waals surface area contributed by atoms with Gasteiger partial charge in [0.05, 0.1) is 26.0 Å². The molecular weight excluding hydrogens is 366 g/mol. The van der Waals surface area contributed by atoms with E-state index in [4.69, 9.17) is 9.47 Å². The van der Waals surface area contributed by atoms with Crippen molar-refractivity contribution < 1.29 is 14.3 Å². The second-order valence-electron chi connectivity index (χ2n) is 8.09. The molecule has 0 fully saturated rings. The molecule has 0 aliphatic carbocycles. The molecule has 1 amide bonds. The van der Waals surface area contributed by atoms with Crippen molar-refractivity contribution in [3.8, 4) is 22.8 Å². The lowest BCUT2D eigenvalue weighted by Gasteiger charge is -2.38. The Hall–Kier alpha value is -3.28. The van der Waals surface area contributed by atoms with Crippen LogP contribution in [0.25, 0.3) is 11.3 Å². The summed E-state index contributed by atoms with van der Waals surface area (Å²) in [6.07, 6.45) is 0. The van der Waals surface area contributed by atoms with Crippen LogP contribution in [0.1, 0.15) is 48.4 Å². The smallest absolute Gasteiger partial charge is 0.273 e. The fourth-order valence-corrected chi connectivity index (χ4v) is 3.99. The van der Waals surface area contributed by atoms with Crippen LogP contribution in [0.2, 0.25) is 0 Å². The lowest BCUT2D eigenvalue weighted by Crippen LogP contribution is -2.44. The summed E-state index contributed by atoms with van der Waals surface area (Å²) in [6, 6.07) is 15.4. The molecule has 0 saturated heterocycles. The average molecular weight is 391 g/mol. The van der Waals surface area contributed by atoms with Crippen molar-refractivity contribution in [2.75, 3.05) is 14.2 Å². The fraction of sp³-hybridized carbons (Fsp3) is 0.304. The second kappa shape index (κ2) is 6.95. The molecule has 2 heterocycles. The number of fused-ring (bicyclic) bond motifs is 1. The van der Waals surface area contributed by atoms with Crippen molar-refractivity contribution in [2.45, 2.75) is 32.4 Å². The molecule has 150 valence electrons. The van der Waals surface area contributed by atoms with Crippen molar-refractivity contribution in [3.63, 3.8) is 0 Å². The van der Waals surface area contributed by atoms with Crippen molar-refractivity contribution >= 4 is 5.91 Å². The van der Waals surface area contributed by atoms with E-state index in [1.165, 1.54) is 0 Å². The molecule has 0 bridgehead atoms. The lowest BCUT2D eigenvalue weighted by atomic mass is 9.93. The molecule has 1 atom stereocenters. The predicted molar refractivity (Wildman–Crippen MR) is 111 cm³/mol. The quantitative estimate of drug-likeness (QED) is 0.714. The van der Waals surface area contributed by atoms with E-state index < -0.39 is 0 Å². The third-order valence-corrected chi connectivity index (χ3v) is 5.26. The maximum atomic E-state index is 13.3. The highest BCUT2D eigenvalue weighted by molar-refractivity contribution is 6.00. The van der Waals surface area contributed by atoms with Gasteiger partial charge in [0, 0.05) is 16.7 Å². The monoisotopic (exact) mass is 391 g/mol. The van der Waals surface area contributed by atoms with Crippen LogP contribution < -0.4 is 9.47 Å². The summed E-state index contributed by atoms with van der Waals surface area (Å²) < 4.78 is 10.9. The van der Waals surface area contributed by atoms with Gasteiger partial charge in [-0.05, 0) is 38.5 Å². The molecule has 29 heavy (non-hydrogen) atoms. The molecule has 1 N–H and O–H groups in total. The molecule has 6 heteroatoms. The number of nitrogens with one attached hydrogen (secondary N) is 1.